The lowest BCUT2D eigenvalue weighted by Gasteiger charge is -2.31. The van der Waals surface area contributed by atoms with Crippen LogP contribution in [0.15, 0.2) is 28.7 Å². The molecule has 16 heavy (non-hydrogen) atoms. The van der Waals surface area contributed by atoms with Crippen molar-refractivity contribution in [3.8, 4) is 0 Å². The summed E-state index contributed by atoms with van der Waals surface area (Å²) in [5, 5.41) is 3.16. The summed E-state index contributed by atoms with van der Waals surface area (Å²) >= 11 is 3.40. The highest BCUT2D eigenvalue weighted by Gasteiger charge is 2.24. The molecule has 86 valence electrons. The predicted octanol–water partition coefficient (Wildman–Crippen LogP) is 1.77. The van der Waals surface area contributed by atoms with Crippen molar-refractivity contribution in [2.45, 2.75) is 19.5 Å². The molecule has 1 saturated heterocycles. The molecule has 1 aromatic rings. The van der Waals surface area contributed by atoms with E-state index in [1.54, 1.807) is 0 Å². The molecule has 1 heterocycles. The fraction of sp³-hybridized carbons (Fsp3) is 0.417. The molecule has 0 saturated carbocycles. The quantitative estimate of drug-likeness (QED) is 0.897. The molecule has 1 aromatic carbocycles. The molecule has 0 aliphatic carbocycles. The molecule has 1 unspecified atom stereocenters. The van der Waals surface area contributed by atoms with Gasteiger partial charge in [0.2, 0.25) is 5.91 Å². The van der Waals surface area contributed by atoms with Crippen LogP contribution >= 0.6 is 15.9 Å². The van der Waals surface area contributed by atoms with E-state index in [9.17, 15) is 4.79 Å². The SMILES string of the molecule is CC1NCCN(Cc2ccc(Br)cc2)C1=O. The number of nitrogens with zero attached hydrogens (tertiary/aromatic N) is 1. The standard InChI is InChI=1S/C12H15BrN2O/c1-9-12(16)15(7-6-14-9)8-10-2-4-11(13)5-3-10/h2-5,9,14H,6-8H2,1H3. The highest BCUT2D eigenvalue weighted by atomic mass is 79.9. The molecule has 2 rings (SSSR count). The number of carbonyl (C=O) groups excluding carboxylic acids is 1. The van der Waals surface area contributed by atoms with Gasteiger partial charge in [-0.05, 0) is 24.6 Å². The highest BCUT2D eigenvalue weighted by Crippen LogP contribution is 2.13. The molecule has 0 radical (unpaired) electrons. The Morgan fingerprint density at radius 2 is 2.12 bits per heavy atom. The average Bonchev–Trinajstić information content (AvgIpc) is 2.28. The number of piperazine rings is 1. The van der Waals surface area contributed by atoms with Crippen LogP contribution in [0.2, 0.25) is 0 Å². The van der Waals surface area contributed by atoms with Crippen LogP contribution in [0, 0.1) is 0 Å². The Bertz CT molecular complexity index is 377. The molecule has 1 atom stereocenters. The summed E-state index contributed by atoms with van der Waals surface area (Å²) < 4.78 is 1.07. The molecule has 0 bridgehead atoms. The van der Waals surface area contributed by atoms with E-state index in [-0.39, 0.29) is 11.9 Å². The van der Waals surface area contributed by atoms with Crippen molar-refractivity contribution in [3.63, 3.8) is 0 Å². The van der Waals surface area contributed by atoms with Gasteiger partial charge in [0.25, 0.3) is 0 Å². The van der Waals surface area contributed by atoms with E-state index in [0.29, 0.717) is 6.54 Å². The van der Waals surface area contributed by atoms with Crippen LogP contribution in [-0.4, -0.2) is 29.9 Å². The largest absolute Gasteiger partial charge is 0.336 e. The van der Waals surface area contributed by atoms with Crippen molar-refractivity contribution in [1.29, 1.82) is 0 Å². The van der Waals surface area contributed by atoms with E-state index in [2.05, 4.69) is 21.2 Å². The summed E-state index contributed by atoms with van der Waals surface area (Å²) in [7, 11) is 0. The predicted molar refractivity (Wildman–Crippen MR) is 67.0 cm³/mol. The van der Waals surface area contributed by atoms with Gasteiger partial charge in [0.1, 0.15) is 0 Å². The Morgan fingerprint density at radius 1 is 1.44 bits per heavy atom. The Labute approximate surface area is 104 Å². The van der Waals surface area contributed by atoms with Gasteiger partial charge in [-0.25, -0.2) is 0 Å². The Balaban J connectivity index is 2.03. The van der Waals surface area contributed by atoms with Crippen molar-refractivity contribution in [3.05, 3.63) is 34.3 Å². The zero-order chi connectivity index (χ0) is 11.5. The first-order valence-electron chi connectivity index (χ1n) is 5.43. The normalized spacial score (nSPS) is 21.2. The van der Waals surface area contributed by atoms with Crippen molar-refractivity contribution in [1.82, 2.24) is 10.2 Å². The lowest BCUT2D eigenvalue weighted by atomic mass is 10.1. The van der Waals surface area contributed by atoms with Gasteiger partial charge in [-0.15, -0.1) is 0 Å². The summed E-state index contributed by atoms with van der Waals surface area (Å²) in [5.41, 5.74) is 1.17. The number of carbonyl (C=O) groups is 1. The minimum absolute atomic E-state index is 0.0517. The summed E-state index contributed by atoms with van der Waals surface area (Å²) in [6.07, 6.45) is 0. The van der Waals surface area contributed by atoms with Gasteiger partial charge in [0.15, 0.2) is 0 Å². The summed E-state index contributed by atoms with van der Waals surface area (Å²) in [5.74, 6) is 0.189. The summed E-state index contributed by atoms with van der Waals surface area (Å²) in [6, 6.07) is 8.05. The van der Waals surface area contributed by atoms with Gasteiger partial charge in [-0.3, -0.25) is 4.79 Å². The van der Waals surface area contributed by atoms with Crippen molar-refractivity contribution < 1.29 is 4.79 Å². The van der Waals surface area contributed by atoms with Crippen molar-refractivity contribution >= 4 is 21.8 Å². The molecular formula is C12H15BrN2O. The van der Waals surface area contributed by atoms with Gasteiger partial charge < -0.3 is 10.2 Å². The van der Waals surface area contributed by atoms with Crippen LogP contribution in [0.25, 0.3) is 0 Å². The molecule has 1 amide bonds. The van der Waals surface area contributed by atoms with E-state index < -0.39 is 0 Å². The van der Waals surface area contributed by atoms with E-state index in [4.69, 9.17) is 0 Å². The van der Waals surface area contributed by atoms with E-state index in [1.165, 1.54) is 5.56 Å². The fourth-order valence-electron chi connectivity index (χ4n) is 1.85. The van der Waals surface area contributed by atoms with E-state index in [0.717, 1.165) is 17.6 Å². The van der Waals surface area contributed by atoms with Crippen LogP contribution in [0.5, 0.6) is 0 Å². The smallest absolute Gasteiger partial charge is 0.239 e. The van der Waals surface area contributed by atoms with E-state index >= 15 is 0 Å². The summed E-state index contributed by atoms with van der Waals surface area (Å²) in [4.78, 5) is 13.8. The maximum absolute atomic E-state index is 11.9. The molecule has 1 fully saturated rings. The average molecular weight is 283 g/mol. The van der Waals surface area contributed by atoms with Gasteiger partial charge in [0, 0.05) is 24.1 Å². The third-order valence-corrected chi connectivity index (χ3v) is 3.33. The maximum Gasteiger partial charge on any atom is 0.239 e. The topological polar surface area (TPSA) is 32.3 Å². The van der Waals surface area contributed by atoms with Crippen molar-refractivity contribution in [2.75, 3.05) is 13.1 Å². The molecule has 0 aromatic heterocycles. The fourth-order valence-corrected chi connectivity index (χ4v) is 2.12. The van der Waals surface area contributed by atoms with Crippen LogP contribution in [0.3, 0.4) is 0 Å². The first kappa shape index (κ1) is 11.6. The second kappa shape index (κ2) is 4.97. The molecule has 3 nitrogen and oxygen atoms in total. The van der Waals surface area contributed by atoms with Gasteiger partial charge in [-0.2, -0.15) is 0 Å². The minimum atomic E-state index is -0.0517. The van der Waals surface area contributed by atoms with Gasteiger partial charge >= 0.3 is 0 Å². The van der Waals surface area contributed by atoms with Crippen LogP contribution in [0.1, 0.15) is 12.5 Å². The molecule has 1 N–H and O–H groups in total. The van der Waals surface area contributed by atoms with Gasteiger partial charge in [-0.1, -0.05) is 28.1 Å². The van der Waals surface area contributed by atoms with E-state index in [1.807, 2.05) is 36.1 Å². The molecular weight excluding hydrogens is 268 g/mol. The number of rotatable bonds is 2. The maximum atomic E-state index is 11.9. The second-order valence-electron chi connectivity index (χ2n) is 4.06. The molecule has 0 spiro atoms. The first-order chi connectivity index (χ1) is 7.66. The number of nitrogens with one attached hydrogen (secondary N) is 1. The van der Waals surface area contributed by atoms with Gasteiger partial charge in [0.05, 0.1) is 6.04 Å². The second-order valence-corrected chi connectivity index (χ2v) is 4.98. The minimum Gasteiger partial charge on any atom is -0.336 e. The molecule has 1 aliphatic rings. The number of amides is 1. The number of hydrogen-bond acceptors (Lipinski definition) is 2. The van der Waals surface area contributed by atoms with Crippen LogP contribution in [-0.2, 0) is 11.3 Å². The zero-order valence-electron chi connectivity index (χ0n) is 9.24. The number of hydrogen-bond donors (Lipinski definition) is 1. The van der Waals surface area contributed by atoms with Crippen molar-refractivity contribution in [2.24, 2.45) is 0 Å². The number of benzene rings is 1. The lowest BCUT2D eigenvalue weighted by molar-refractivity contribution is -0.135. The summed E-state index contributed by atoms with van der Waals surface area (Å²) in [6.45, 7) is 4.29. The number of halogens is 1. The highest BCUT2D eigenvalue weighted by molar-refractivity contribution is 9.10. The van der Waals surface area contributed by atoms with Crippen LogP contribution in [0.4, 0.5) is 0 Å². The lowest BCUT2D eigenvalue weighted by Crippen LogP contribution is -2.53. The monoisotopic (exact) mass is 282 g/mol. The third-order valence-electron chi connectivity index (χ3n) is 2.80. The Kier molecular flexibility index (Phi) is 3.61. The molecule has 1 aliphatic heterocycles. The Morgan fingerprint density at radius 3 is 2.81 bits per heavy atom. The third kappa shape index (κ3) is 2.62. The van der Waals surface area contributed by atoms with Crippen LogP contribution < -0.4 is 5.32 Å². The first-order valence-corrected chi connectivity index (χ1v) is 6.23. The zero-order valence-corrected chi connectivity index (χ0v) is 10.8. The molecule has 4 heteroatoms. The Hall–Kier alpha value is -0.870.